The van der Waals surface area contributed by atoms with Crippen molar-refractivity contribution in [2.24, 2.45) is 0 Å². The van der Waals surface area contributed by atoms with Crippen LogP contribution in [0.4, 0.5) is 0 Å². The Morgan fingerprint density at radius 3 is 3.00 bits per heavy atom. The molecule has 16 heavy (non-hydrogen) atoms. The summed E-state index contributed by atoms with van der Waals surface area (Å²) >= 11 is 0. The first kappa shape index (κ1) is 12.3. The van der Waals surface area contributed by atoms with Gasteiger partial charge in [-0.25, -0.2) is 14.8 Å². The SMILES string of the molecule is CC/C(=C/CNCc1ccncn1)C(=O)O. The Bertz CT molecular complexity index is 363. The first-order chi connectivity index (χ1) is 7.74. The molecule has 5 nitrogen and oxygen atoms in total. The molecule has 0 spiro atoms. The molecule has 0 aromatic carbocycles. The van der Waals surface area contributed by atoms with Gasteiger partial charge in [0, 0.05) is 24.9 Å². The fourth-order valence-electron chi connectivity index (χ4n) is 1.20. The van der Waals surface area contributed by atoms with Gasteiger partial charge in [-0.1, -0.05) is 13.0 Å². The second-order valence-electron chi connectivity index (χ2n) is 3.22. The number of hydrogen-bond donors (Lipinski definition) is 2. The smallest absolute Gasteiger partial charge is 0.331 e. The van der Waals surface area contributed by atoms with Crippen LogP contribution in [0.25, 0.3) is 0 Å². The van der Waals surface area contributed by atoms with Gasteiger partial charge in [0.15, 0.2) is 0 Å². The van der Waals surface area contributed by atoms with Gasteiger partial charge in [0.05, 0.1) is 5.69 Å². The van der Waals surface area contributed by atoms with Gasteiger partial charge in [-0.3, -0.25) is 0 Å². The zero-order valence-corrected chi connectivity index (χ0v) is 9.18. The number of rotatable bonds is 6. The minimum atomic E-state index is -0.855. The largest absolute Gasteiger partial charge is 0.478 e. The van der Waals surface area contributed by atoms with E-state index in [0.717, 1.165) is 5.69 Å². The monoisotopic (exact) mass is 221 g/mol. The molecule has 1 rings (SSSR count). The lowest BCUT2D eigenvalue weighted by molar-refractivity contribution is -0.132. The average molecular weight is 221 g/mol. The van der Waals surface area contributed by atoms with E-state index in [1.165, 1.54) is 6.33 Å². The lowest BCUT2D eigenvalue weighted by atomic mass is 10.2. The molecule has 1 aromatic rings. The summed E-state index contributed by atoms with van der Waals surface area (Å²) < 4.78 is 0. The Labute approximate surface area is 94.2 Å². The van der Waals surface area contributed by atoms with Crippen molar-refractivity contribution in [2.45, 2.75) is 19.9 Å². The van der Waals surface area contributed by atoms with Crippen LogP contribution in [-0.2, 0) is 11.3 Å². The number of nitrogens with zero attached hydrogens (tertiary/aromatic N) is 2. The lowest BCUT2D eigenvalue weighted by Gasteiger charge is -2.01. The molecule has 5 heteroatoms. The molecule has 0 saturated carbocycles. The van der Waals surface area contributed by atoms with Crippen LogP contribution in [0.2, 0.25) is 0 Å². The molecule has 0 bridgehead atoms. The van der Waals surface area contributed by atoms with E-state index in [4.69, 9.17) is 5.11 Å². The van der Waals surface area contributed by atoms with Crippen molar-refractivity contribution in [2.75, 3.05) is 6.54 Å². The molecule has 0 amide bonds. The molecule has 0 aliphatic heterocycles. The highest BCUT2D eigenvalue weighted by molar-refractivity contribution is 5.86. The number of carboxylic acid groups (broad SMARTS) is 1. The second-order valence-corrected chi connectivity index (χ2v) is 3.22. The summed E-state index contributed by atoms with van der Waals surface area (Å²) in [6, 6.07) is 1.81. The molecule has 0 fully saturated rings. The van der Waals surface area contributed by atoms with Crippen LogP contribution in [0, 0.1) is 0 Å². The molecule has 0 saturated heterocycles. The van der Waals surface area contributed by atoms with Crippen LogP contribution in [0.1, 0.15) is 19.0 Å². The Hall–Kier alpha value is -1.75. The normalized spacial score (nSPS) is 11.4. The minimum Gasteiger partial charge on any atom is -0.478 e. The molecule has 0 radical (unpaired) electrons. The van der Waals surface area contributed by atoms with Gasteiger partial charge < -0.3 is 10.4 Å². The summed E-state index contributed by atoms with van der Waals surface area (Å²) in [4.78, 5) is 18.5. The quantitative estimate of drug-likeness (QED) is 0.553. The first-order valence-electron chi connectivity index (χ1n) is 5.12. The van der Waals surface area contributed by atoms with Crippen molar-refractivity contribution in [3.8, 4) is 0 Å². The Balaban J connectivity index is 2.34. The average Bonchev–Trinajstić information content (AvgIpc) is 2.30. The zero-order chi connectivity index (χ0) is 11.8. The minimum absolute atomic E-state index is 0.426. The van der Waals surface area contributed by atoms with Gasteiger partial charge in [-0.2, -0.15) is 0 Å². The van der Waals surface area contributed by atoms with E-state index in [9.17, 15) is 4.79 Å². The van der Waals surface area contributed by atoms with Crippen molar-refractivity contribution < 1.29 is 9.90 Å². The molecule has 1 heterocycles. The second kappa shape index (κ2) is 6.68. The van der Waals surface area contributed by atoms with Crippen molar-refractivity contribution in [1.82, 2.24) is 15.3 Å². The topological polar surface area (TPSA) is 75.1 Å². The van der Waals surface area contributed by atoms with Crippen molar-refractivity contribution in [1.29, 1.82) is 0 Å². The van der Waals surface area contributed by atoms with Crippen molar-refractivity contribution in [3.63, 3.8) is 0 Å². The zero-order valence-electron chi connectivity index (χ0n) is 9.18. The van der Waals surface area contributed by atoms with Crippen LogP contribution in [0.15, 0.2) is 30.2 Å². The highest BCUT2D eigenvalue weighted by Crippen LogP contribution is 1.99. The van der Waals surface area contributed by atoms with E-state index >= 15 is 0 Å². The van der Waals surface area contributed by atoms with E-state index in [0.29, 0.717) is 25.1 Å². The number of nitrogens with one attached hydrogen (secondary N) is 1. The number of carboxylic acids is 1. The van der Waals surface area contributed by atoms with Crippen LogP contribution in [-0.4, -0.2) is 27.6 Å². The molecule has 86 valence electrons. The highest BCUT2D eigenvalue weighted by atomic mass is 16.4. The molecule has 1 aromatic heterocycles. The summed E-state index contributed by atoms with van der Waals surface area (Å²) in [7, 11) is 0. The number of carbonyl (C=O) groups is 1. The molecule has 0 unspecified atom stereocenters. The van der Waals surface area contributed by atoms with Gasteiger partial charge in [-0.05, 0) is 12.5 Å². The number of aromatic nitrogens is 2. The van der Waals surface area contributed by atoms with Crippen LogP contribution < -0.4 is 5.32 Å². The highest BCUT2D eigenvalue weighted by Gasteiger charge is 2.02. The molecular formula is C11H15N3O2. The summed E-state index contributed by atoms with van der Waals surface area (Å²) in [6.45, 7) is 2.96. The van der Waals surface area contributed by atoms with Crippen LogP contribution in [0.5, 0.6) is 0 Å². The first-order valence-corrected chi connectivity index (χ1v) is 5.12. The van der Waals surface area contributed by atoms with E-state index in [1.54, 1.807) is 12.3 Å². The summed E-state index contributed by atoms with van der Waals surface area (Å²) in [5.41, 5.74) is 1.31. The summed E-state index contributed by atoms with van der Waals surface area (Å²) in [6.07, 6.45) is 5.38. The maximum Gasteiger partial charge on any atom is 0.331 e. The Morgan fingerprint density at radius 1 is 1.62 bits per heavy atom. The maximum atomic E-state index is 10.7. The number of hydrogen-bond acceptors (Lipinski definition) is 4. The molecular weight excluding hydrogens is 206 g/mol. The maximum absolute atomic E-state index is 10.7. The Kier molecular flexibility index (Phi) is 5.15. The van der Waals surface area contributed by atoms with Gasteiger partial charge in [0.2, 0.25) is 0 Å². The third-order valence-corrected chi connectivity index (χ3v) is 2.10. The van der Waals surface area contributed by atoms with E-state index < -0.39 is 5.97 Å². The van der Waals surface area contributed by atoms with E-state index in [2.05, 4.69) is 15.3 Å². The van der Waals surface area contributed by atoms with Gasteiger partial charge in [0.1, 0.15) is 6.33 Å². The third kappa shape index (κ3) is 4.18. The van der Waals surface area contributed by atoms with E-state index in [1.807, 2.05) is 13.0 Å². The number of aliphatic carboxylic acids is 1. The summed E-state index contributed by atoms with van der Waals surface area (Å²) in [5.74, 6) is -0.855. The molecule has 2 N–H and O–H groups in total. The van der Waals surface area contributed by atoms with Crippen LogP contribution >= 0.6 is 0 Å². The lowest BCUT2D eigenvalue weighted by Crippen LogP contribution is -2.15. The third-order valence-electron chi connectivity index (χ3n) is 2.10. The van der Waals surface area contributed by atoms with Crippen LogP contribution in [0.3, 0.4) is 0 Å². The van der Waals surface area contributed by atoms with Gasteiger partial charge >= 0.3 is 5.97 Å². The fourth-order valence-corrected chi connectivity index (χ4v) is 1.20. The standard InChI is InChI=1S/C11H15N3O2/c1-2-9(11(15)16)3-5-12-7-10-4-6-13-8-14-10/h3-4,6,8,12H,2,5,7H2,1H3,(H,15,16)/b9-3-. The summed E-state index contributed by atoms with van der Waals surface area (Å²) in [5, 5.41) is 11.9. The van der Waals surface area contributed by atoms with Crippen molar-refractivity contribution in [3.05, 3.63) is 35.9 Å². The predicted octanol–water partition coefficient (Wildman–Crippen LogP) is 0.987. The fraction of sp³-hybridized carbons (Fsp3) is 0.364. The van der Waals surface area contributed by atoms with Gasteiger partial charge in [0.25, 0.3) is 0 Å². The molecule has 0 atom stereocenters. The molecule has 0 aliphatic carbocycles. The van der Waals surface area contributed by atoms with Crippen molar-refractivity contribution >= 4 is 5.97 Å². The predicted molar refractivity (Wildman–Crippen MR) is 59.7 cm³/mol. The molecule has 0 aliphatic rings. The van der Waals surface area contributed by atoms with Gasteiger partial charge in [-0.15, -0.1) is 0 Å². The van der Waals surface area contributed by atoms with E-state index in [-0.39, 0.29) is 0 Å². The Morgan fingerprint density at radius 2 is 2.44 bits per heavy atom.